The average molecular weight is 448 g/mol. The van der Waals surface area contributed by atoms with Crippen LogP contribution in [0.15, 0.2) is 49.2 Å². The van der Waals surface area contributed by atoms with Crippen LogP contribution in [0.25, 0.3) is 16.7 Å². The summed E-state index contributed by atoms with van der Waals surface area (Å²) in [5.41, 5.74) is 1.16. The molecule has 0 bridgehead atoms. The van der Waals surface area contributed by atoms with Crippen molar-refractivity contribution in [1.82, 2.24) is 20.1 Å². The van der Waals surface area contributed by atoms with Crippen LogP contribution in [0.3, 0.4) is 0 Å². The Hall–Kier alpha value is -3.60. The van der Waals surface area contributed by atoms with Gasteiger partial charge in [-0.05, 0) is 42.8 Å². The predicted octanol–water partition coefficient (Wildman–Crippen LogP) is 3.37. The van der Waals surface area contributed by atoms with Crippen LogP contribution in [-0.2, 0) is 11.3 Å². The lowest BCUT2D eigenvalue weighted by Gasteiger charge is -2.36. The number of nitrogens with one attached hydrogen (secondary N) is 1. The highest BCUT2D eigenvalue weighted by Crippen LogP contribution is 2.38. The smallest absolute Gasteiger partial charge is 0.462 e. The number of amides is 1. The Morgan fingerprint density at radius 2 is 2.00 bits per heavy atom. The number of carbonyl (C=O) groups is 1. The van der Waals surface area contributed by atoms with E-state index in [0.717, 1.165) is 24.6 Å². The van der Waals surface area contributed by atoms with Crippen molar-refractivity contribution in [1.29, 1.82) is 0 Å². The molecule has 11 heteroatoms. The van der Waals surface area contributed by atoms with Crippen molar-refractivity contribution < 1.29 is 32.5 Å². The molecule has 168 valence electrons. The first kappa shape index (κ1) is 21.6. The van der Waals surface area contributed by atoms with E-state index in [1.54, 1.807) is 6.07 Å². The van der Waals surface area contributed by atoms with Crippen LogP contribution in [0, 0.1) is 0 Å². The molecule has 3 aromatic rings. The maximum Gasteiger partial charge on any atom is 0.573 e. The summed E-state index contributed by atoms with van der Waals surface area (Å²) in [6.07, 6.45) is -0.413. The number of nitrogens with zero attached hydrogens (tertiary/aromatic N) is 3. The second-order valence-corrected chi connectivity index (χ2v) is 7.23. The number of aromatic nitrogens is 3. The molecule has 8 nitrogen and oxygen atoms in total. The van der Waals surface area contributed by atoms with Gasteiger partial charge in [-0.3, -0.25) is 4.79 Å². The van der Waals surface area contributed by atoms with E-state index in [1.807, 2.05) is 0 Å². The highest BCUT2D eigenvalue weighted by atomic mass is 19.4. The normalized spacial score (nSPS) is 15.1. The minimum absolute atomic E-state index is 0.0180. The fourth-order valence-corrected chi connectivity index (χ4v) is 3.29. The van der Waals surface area contributed by atoms with Crippen LogP contribution in [0.5, 0.6) is 11.5 Å². The maximum atomic E-state index is 12.4. The molecule has 1 aliphatic carbocycles. The fourth-order valence-electron chi connectivity index (χ4n) is 3.29. The van der Waals surface area contributed by atoms with Crippen molar-refractivity contribution in [3.05, 3.63) is 54.9 Å². The molecule has 1 fully saturated rings. The molecule has 0 aliphatic heterocycles. The van der Waals surface area contributed by atoms with E-state index in [4.69, 9.17) is 4.74 Å². The number of rotatable bonds is 7. The van der Waals surface area contributed by atoms with Gasteiger partial charge in [0.25, 0.3) is 0 Å². The van der Waals surface area contributed by atoms with E-state index < -0.39 is 18.1 Å². The molecule has 0 unspecified atom stereocenters. The molecule has 2 heterocycles. The van der Waals surface area contributed by atoms with E-state index in [0.29, 0.717) is 41.0 Å². The molecule has 1 amide bonds. The lowest BCUT2D eigenvalue weighted by molar-refractivity contribution is -0.274. The van der Waals surface area contributed by atoms with Crippen LogP contribution in [0.2, 0.25) is 0 Å². The lowest BCUT2D eigenvalue weighted by Crippen LogP contribution is -2.42. The number of pyridine rings is 1. The van der Waals surface area contributed by atoms with E-state index in [1.165, 1.54) is 23.0 Å². The Kier molecular flexibility index (Phi) is 5.51. The minimum Gasteiger partial charge on any atom is -0.462 e. The molecule has 0 saturated heterocycles. The van der Waals surface area contributed by atoms with Crippen molar-refractivity contribution in [2.24, 2.45) is 0 Å². The minimum atomic E-state index is -4.80. The first-order valence-corrected chi connectivity index (χ1v) is 9.72. The van der Waals surface area contributed by atoms with E-state index >= 15 is 0 Å². The fraction of sp³-hybridized carbons (Fsp3) is 0.286. The van der Waals surface area contributed by atoms with Crippen LogP contribution in [0.4, 0.5) is 13.2 Å². The Morgan fingerprint density at radius 1 is 1.28 bits per heavy atom. The van der Waals surface area contributed by atoms with E-state index in [9.17, 15) is 23.1 Å². The highest BCUT2D eigenvalue weighted by Gasteiger charge is 2.38. The Labute approximate surface area is 180 Å². The van der Waals surface area contributed by atoms with Crippen LogP contribution in [0.1, 0.15) is 25.0 Å². The number of aliphatic hydroxyl groups is 1. The van der Waals surface area contributed by atoms with Crippen LogP contribution >= 0.6 is 0 Å². The quantitative estimate of drug-likeness (QED) is 0.425. The summed E-state index contributed by atoms with van der Waals surface area (Å²) in [6.45, 7) is 3.42. The molecule has 0 atom stereocenters. The van der Waals surface area contributed by atoms with E-state index in [-0.39, 0.29) is 12.3 Å². The third-order valence-electron chi connectivity index (χ3n) is 4.97. The lowest BCUT2D eigenvalue weighted by atomic mass is 9.91. The van der Waals surface area contributed by atoms with Gasteiger partial charge in [0.05, 0.1) is 23.3 Å². The molecule has 1 saturated carbocycles. The van der Waals surface area contributed by atoms with Gasteiger partial charge in [-0.15, -0.1) is 13.2 Å². The van der Waals surface area contributed by atoms with Gasteiger partial charge < -0.3 is 19.9 Å². The number of fused-ring (bicyclic) bond motifs is 1. The number of benzene rings is 1. The number of halogens is 3. The van der Waals surface area contributed by atoms with Crippen molar-refractivity contribution >= 4 is 16.9 Å². The first-order valence-electron chi connectivity index (χ1n) is 9.72. The molecule has 4 rings (SSSR count). The summed E-state index contributed by atoms with van der Waals surface area (Å²) < 4.78 is 48.5. The van der Waals surface area contributed by atoms with E-state index in [2.05, 4.69) is 26.7 Å². The zero-order chi connectivity index (χ0) is 22.9. The van der Waals surface area contributed by atoms with Crippen molar-refractivity contribution in [2.75, 3.05) is 0 Å². The molecule has 32 heavy (non-hydrogen) atoms. The van der Waals surface area contributed by atoms with Gasteiger partial charge in [0.1, 0.15) is 11.5 Å². The van der Waals surface area contributed by atoms with Gasteiger partial charge in [0.2, 0.25) is 11.7 Å². The van der Waals surface area contributed by atoms with Gasteiger partial charge >= 0.3 is 6.36 Å². The van der Waals surface area contributed by atoms with Crippen LogP contribution < -0.4 is 14.8 Å². The van der Waals surface area contributed by atoms with Gasteiger partial charge in [0.15, 0.2) is 5.65 Å². The number of hydrogen-bond acceptors (Lipinski definition) is 6. The van der Waals surface area contributed by atoms with Crippen molar-refractivity contribution in [3.8, 4) is 17.2 Å². The molecule has 0 radical (unpaired) electrons. The van der Waals surface area contributed by atoms with Crippen molar-refractivity contribution in [2.45, 2.75) is 38.0 Å². The number of alkyl halides is 3. The topological polar surface area (TPSA) is 98.5 Å². The van der Waals surface area contributed by atoms with Gasteiger partial charge in [-0.1, -0.05) is 6.58 Å². The maximum absolute atomic E-state index is 12.4. The predicted molar refractivity (Wildman–Crippen MR) is 107 cm³/mol. The standard InChI is InChI=1S/C21H19F3N4O4/c1-2-17(29)26-12-15-18-16(32-20(30)9-3-10-20)8-11-25-19(18)28(27-15)13-4-6-14(7-5-13)31-21(22,23)24/h2,4-8,11,30H,1,3,9-10,12H2,(H,26,29). The third kappa shape index (κ3) is 4.52. The number of hydrogen-bond donors (Lipinski definition) is 2. The summed E-state index contributed by atoms with van der Waals surface area (Å²) in [6, 6.07) is 6.70. The summed E-state index contributed by atoms with van der Waals surface area (Å²) in [4.78, 5) is 16.0. The second kappa shape index (κ2) is 8.15. The molecule has 0 spiro atoms. The second-order valence-electron chi connectivity index (χ2n) is 7.23. The summed E-state index contributed by atoms with van der Waals surface area (Å²) >= 11 is 0. The number of ether oxygens (including phenoxy) is 2. The van der Waals surface area contributed by atoms with Crippen LogP contribution in [-0.4, -0.2) is 37.9 Å². The zero-order valence-corrected chi connectivity index (χ0v) is 16.7. The monoisotopic (exact) mass is 448 g/mol. The molecular weight excluding hydrogens is 429 g/mol. The molecular formula is C21H19F3N4O4. The molecule has 2 aromatic heterocycles. The summed E-state index contributed by atoms with van der Waals surface area (Å²) in [5, 5.41) is 18.0. The van der Waals surface area contributed by atoms with Gasteiger partial charge in [0, 0.05) is 19.0 Å². The molecule has 1 aromatic carbocycles. The number of carbonyl (C=O) groups excluding carboxylic acids is 1. The molecule has 2 N–H and O–H groups in total. The zero-order valence-electron chi connectivity index (χ0n) is 16.7. The Morgan fingerprint density at radius 3 is 2.59 bits per heavy atom. The van der Waals surface area contributed by atoms with Crippen molar-refractivity contribution in [3.63, 3.8) is 0 Å². The summed E-state index contributed by atoms with van der Waals surface area (Å²) in [7, 11) is 0. The van der Waals surface area contributed by atoms with Gasteiger partial charge in [-0.2, -0.15) is 5.10 Å². The first-order chi connectivity index (χ1) is 15.2. The Bertz CT molecular complexity index is 1150. The third-order valence-corrected chi connectivity index (χ3v) is 4.97. The summed E-state index contributed by atoms with van der Waals surface area (Å²) in [5.74, 6) is -1.73. The average Bonchev–Trinajstić information content (AvgIpc) is 3.10. The SMILES string of the molecule is C=CC(=O)NCc1nn(-c2ccc(OC(F)(F)F)cc2)c2nccc(OC3(O)CCC3)c12. The Balaban J connectivity index is 1.75. The highest BCUT2D eigenvalue weighted by molar-refractivity contribution is 5.89. The largest absolute Gasteiger partial charge is 0.573 e. The molecule has 1 aliphatic rings. The van der Waals surface area contributed by atoms with Gasteiger partial charge in [-0.25, -0.2) is 9.67 Å².